The van der Waals surface area contributed by atoms with Crippen molar-refractivity contribution in [3.8, 4) is 61.8 Å². The molecule has 1 aliphatic rings. The van der Waals surface area contributed by atoms with E-state index in [1.54, 1.807) is 0 Å². The summed E-state index contributed by atoms with van der Waals surface area (Å²) in [5.41, 5.74) is 16.0. The Labute approximate surface area is 326 Å². The van der Waals surface area contributed by atoms with Gasteiger partial charge in [0.1, 0.15) is 0 Å². The quantitative estimate of drug-likeness (QED) is 0.178. The Kier molecular flexibility index (Phi) is 7.20. The summed E-state index contributed by atoms with van der Waals surface area (Å²) in [7, 11) is 0. The van der Waals surface area contributed by atoms with Crippen LogP contribution in [-0.2, 0) is 5.41 Å². The van der Waals surface area contributed by atoms with Crippen molar-refractivity contribution in [2.75, 3.05) is 0 Å². The Morgan fingerprint density at radius 1 is 0.429 bits per heavy atom. The molecule has 0 saturated carbocycles. The Morgan fingerprint density at radius 3 is 1.89 bits per heavy atom. The number of benzene rings is 8. The molecule has 3 nitrogen and oxygen atoms in total. The van der Waals surface area contributed by atoms with Crippen molar-refractivity contribution in [3.05, 3.63) is 199 Å². The lowest BCUT2D eigenvalue weighted by Gasteiger charge is -2.22. The van der Waals surface area contributed by atoms with Gasteiger partial charge in [-0.25, -0.2) is 9.97 Å². The second kappa shape index (κ2) is 12.5. The van der Waals surface area contributed by atoms with Gasteiger partial charge in [-0.3, -0.25) is 0 Å². The largest absolute Gasteiger partial charge is 0.309 e. The molecule has 56 heavy (non-hydrogen) atoms. The molecular weight excluding hydrogens is 679 g/mol. The van der Waals surface area contributed by atoms with E-state index in [1.807, 2.05) is 6.07 Å². The van der Waals surface area contributed by atoms with Crippen LogP contribution in [0.25, 0.3) is 94.4 Å². The molecule has 1 aliphatic carbocycles. The summed E-state index contributed by atoms with van der Waals surface area (Å²) in [6, 6.07) is 67.6. The van der Waals surface area contributed by atoms with Crippen molar-refractivity contribution in [3.63, 3.8) is 0 Å². The molecule has 3 heteroatoms. The first-order valence-electron chi connectivity index (χ1n) is 19.3. The van der Waals surface area contributed by atoms with Crippen LogP contribution in [0.1, 0.15) is 25.0 Å². The lowest BCUT2D eigenvalue weighted by atomic mass is 9.81. The molecule has 2 heterocycles. The number of aromatic nitrogens is 3. The molecule has 0 unspecified atom stereocenters. The molecular formula is C53H37N3. The van der Waals surface area contributed by atoms with Crippen LogP contribution in [0.3, 0.4) is 0 Å². The zero-order chi connectivity index (χ0) is 37.4. The third-order valence-corrected chi connectivity index (χ3v) is 11.8. The maximum absolute atomic E-state index is 5.32. The Balaban J connectivity index is 1.12. The fraction of sp³-hybridized carbons (Fsp3) is 0.0566. The van der Waals surface area contributed by atoms with Gasteiger partial charge < -0.3 is 4.57 Å². The highest BCUT2D eigenvalue weighted by molar-refractivity contribution is 6.13. The minimum atomic E-state index is -0.113. The molecule has 0 spiro atoms. The SMILES string of the molecule is CC1(C)c2cc3ccccc3cc2-c2c(-c3cccc(-c4cc(-c5cccc6c7ccccc7n(-c7ccccc7)c56)nc(-c5ccccc5)n4)c3)cccc21. The van der Waals surface area contributed by atoms with Gasteiger partial charge in [0.2, 0.25) is 0 Å². The zero-order valence-corrected chi connectivity index (χ0v) is 31.2. The van der Waals surface area contributed by atoms with Crippen LogP contribution in [-0.4, -0.2) is 14.5 Å². The summed E-state index contributed by atoms with van der Waals surface area (Å²) in [6.07, 6.45) is 0. The normalized spacial score (nSPS) is 13.0. The highest BCUT2D eigenvalue weighted by atomic mass is 15.0. The van der Waals surface area contributed by atoms with E-state index in [-0.39, 0.29) is 5.41 Å². The van der Waals surface area contributed by atoms with E-state index >= 15 is 0 Å². The first kappa shape index (κ1) is 32.3. The Morgan fingerprint density at radius 2 is 1.05 bits per heavy atom. The monoisotopic (exact) mass is 715 g/mol. The summed E-state index contributed by atoms with van der Waals surface area (Å²) in [4.78, 5) is 10.6. The van der Waals surface area contributed by atoms with Gasteiger partial charge in [-0.1, -0.05) is 159 Å². The van der Waals surface area contributed by atoms with Gasteiger partial charge in [-0.05, 0) is 86.6 Å². The molecule has 8 aromatic carbocycles. The molecule has 0 bridgehead atoms. The summed E-state index contributed by atoms with van der Waals surface area (Å²) < 4.78 is 2.38. The Bertz CT molecular complexity index is 3150. The summed E-state index contributed by atoms with van der Waals surface area (Å²) >= 11 is 0. The van der Waals surface area contributed by atoms with Crippen molar-refractivity contribution in [1.29, 1.82) is 0 Å². The van der Waals surface area contributed by atoms with Crippen LogP contribution in [0, 0.1) is 0 Å². The van der Waals surface area contributed by atoms with Crippen molar-refractivity contribution in [2.45, 2.75) is 19.3 Å². The topological polar surface area (TPSA) is 30.7 Å². The van der Waals surface area contributed by atoms with Crippen LogP contribution in [0.5, 0.6) is 0 Å². The Hall–Kier alpha value is -7.10. The van der Waals surface area contributed by atoms with Gasteiger partial charge >= 0.3 is 0 Å². The van der Waals surface area contributed by atoms with Crippen molar-refractivity contribution >= 4 is 32.6 Å². The van der Waals surface area contributed by atoms with Crippen molar-refractivity contribution in [2.24, 2.45) is 0 Å². The number of para-hydroxylation sites is 3. The standard InChI is InChI=1S/C53H37N3/c1-53(2)45-28-15-25-40(50(45)44-31-35-18-9-10-19-36(35)32-46(44)53)37-20-13-21-38(30-37)47-33-48(55-52(54-47)34-16-5-3-6-17-34)43-27-14-26-42-41-24-11-12-29-49(41)56(51(42)43)39-22-7-4-8-23-39/h3-33H,1-2H3. The van der Waals surface area contributed by atoms with E-state index in [9.17, 15) is 0 Å². The van der Waals surface area contributed by atoms with E-state index in [0.29, 0.717) is 5.82 Å². The van der Waals surface area contributed by atoms with Gasteiger partial charge in [-0.2, -0.15) is 0 Å². The zero-order valence-electron chi connectivity index (χ0n) is 31.2. The third kappa shape index (κ3) is 4.98. The maximum Gasteiger partial charge on any atom is 0.160 e. The van der Waals surface area contributed by atoms with Crippen molar-refractivity contribution in [1.82, 2.24) is 14.5 Å². The molecule has 0 radical (unpaired) electrons. The smallest absolute Gasteiger partial charge is 0.160 e. The average molecular weight is 716 g/mol. The van der Waals surface area contributed by atoms with Crippen molar-refractivity contribution < 1.29 is 0 Å². The van der Waals surface area contributed by atoms with Gasteiger partial charge in [0.05, 0.1) is 22.4 Å². The molecule has 0 atom stereocenters. The van der Waals surface area contributed by atoms with E-state index in [2.05, 4.69) is 200 Å². The molecule has 0 N–H and O–H groups in total. The predicted octanol–water partition coefficient (Wildman–Crippen LogP) is 13.7. The lowest BCUT2D eigenvalue weighted by Crippen LogP contribution is -2.14. The molecule has 2 aromatic heterocycles. The fourth-order valence-corrected chi connectivity index (χ4v) is 9.08. The molecule has 0 aliphatic heterocycles. The van der Waals surface area contributed by atoms with E-state index in [4.69, 9.17) is 9.97 Å². The first-order valence-corrected chi connectivity index (χ1v) is 19.3. The molecule has 10 aromatic rings. The lowest BCUT2D eigenvalue weighted by molar-refractivity contribution is 0.661. The molecule has 264 valence electrons. The number of fused-ring (bicyclic) bond motifs is 7. The van der Waals surface area contributed by atoms with E-state index in [0.717, 1.165) is 39.3 Å². The molecule has 11 rings (SSSR count). The minimum Gasteiger partial charge on any atom is -0.309 e. The predicted molar refractivity (Wildman–Crippen MR) is 233 cm³/mol. The number of hydrogen-bond acceptors (Lipinski definition) is 2. The number of rotatable bonds is 5. The maximum atomic E-state index is 5.32. The molecule has 0 amide bonds. The summed E-state index contributed by atoms with van der Waals surface area (Å²) in [6.45, 7) is 4.72. The van der Waals surface area contributed by atoms with Gasteiger partial charge in [-0.15, -0.1) is 0 Å². The minimum absolute atomic E-state index is 0.113. The van der Waals surface area contributed by atoms with Crippen LogP contribution in [0.4, 0.5) is 0 Å². The van der Waals surface area contributed by atoms with Crippen LogP contribution in [0.2, 0.25) is 0 Å². The second-order valence-corrected chi connectivity index (χ2v) is 15.4. The fourth-order valence-electron chi connectivity index (χ4n) is 9.08. The number of hydrogen-bond donors (Lipinski definition) is 0. The van der Waals surface area contributed by atoms with Crippen LogP contribution in [0.15, 0.2) is 188 Å². The van der Waals surface area contributed by atoms with Gasteiger partial charge in [0.15, 0.2) is 5.82 Å². The summed E-state index contributed by atoms with van der Waals surface area (Å²) in [5.74, 6) is 0.700. The van der Waals surface area contributed by atoms with E-state index in [1.165, 1.54) is 60.4 Å². The first-order chi connectivity index (χ1) is 27.5. The molecule has 0 fully saturated rings. The van der Waals surface area contributed by atoms with Crippen LogP contribution < -0.4 is 0 Å². The summed E-state index contributed by atoms with van der Waals surface area (Å²) in [5, 5.41) is 4.96. The van der Waals surface area contributed by atoms with E-state index < -0.39 is 0 Å². The van der Waals surface area contributed by atoms with Gasteiger partial charge in [0, 0.05) is 38.6 Å². The second-order valence-electron chi connectivity index (χ2n) is 15.4. The highest BCUT2D eigenvalue weighted by Crippen LogP contribution is 2.53. The average Bonchev–Trinajstić information content (AvgIpc) is 3.71. The van der Waals surface area contributed by atoms with Gasteiger partial charge in [0.25, 0.3) is 0 Å². The highest BCUT2D eigenvalue weighted by Gasteiger charge is 2.37. The van der Waals surface area contributed by atoms with Crippen LogP contribution >= 0.6 is 0 Å². The molecule has 0 saturated heterocycles. The third-order valence-electron chi connectivity index (χ3n) is 11.8. The number of nitrogens with zero attached hydrogens (tertiary/aromatic N) is 3.